The molecule has 0 N–H and O–H groups in total. The molecular weight excluding hydrogens is 576 g/mol. The van der Waals surface area contributed by atoms with Crippen LogP contribution in [0.3, 0.4) is 0 Å². The number of isocyanates is 3. The van der Waals surface area contributed by atoms with Gasteiger partial charge in [0, 0.05) is 12.1 Å². The Morgan fingerprint density at radius 3 is 1.33 bits per heavy atom. The van der Waals surface area contributed by atoms with Crippen molar-refractivity contribution in [2.24, 2.45) is 32.7 Å². The maximum absolute atomic E-state index is 14.7. The van der Waals surface area contributed by atoms with Crippen LogP contribution in [0.15, 0.2) is 29.4 Å². The molecule has 0 amide bonds. The van der Waals surface area contributed by atoms with Crippen molar-refractivity contribution in [2.75, 3.05) is 13.1 Å². The number of aromatic nitrogens is 3. The highest BCUT2D eigenvalue weighted by atomic mass is 16.2. The molecule has 4 unspecified atom stereocenters. The molecule has 0 saturated heterocycles. The van der Waals surface area contributed by atoms with E-state index < -0.39 is 41.2 Å². The molecule has 0 aliphatic heterocycles. The molecule has 1 heterocycles. The number of aliphatic imine (C=N–C) groups is 3. The van der Waals surface area contributed by atoms with Gasteiger partial charge in [0.05, 0.1) is 25.2 Å². The van der Waals surface area contributed by atoms with Gasteiger partial charge in [-0.05, 0) is 76.0 Å². The van der Waals surface area contributed by atoms with Gasteiger partial charge in [-0.2, -0.15) is 0 Å². The van der Waals surface area contributed by atoms with Crippen molar-refractivity contribution >= 4 is 18.2 Å². The molecule has 1 aromatic rings. The van der Waals surface area contributed by atoms with Gasteiger partial charge in [0.25, 0.3) is 0 Å². The van der Waals surface area contributed by atoms with Crippen LogP contribution in [0.25, 0.3) is 0 Å². The Morgan fingerprint density at radius 2 is 0.956 bits per heavy atom. The Labute approximate surface area is 263 Å². The lowest BCUT2D eigenvalue weighted by Crippen LogP contribution is -2.60. The predicted octanol–water partition coefficient (Wildman–Crippen LogP) is 4.71. The zero-order valence-electron chi connectivity index (χ0n) is 26.6. The summed E-state index contributed by atoms with van der Waals surface area (Å²) in [6, 6.07) is -2.59. The average Bonchev–Trinajstić information content (AvgIpc) is 3.06. The van der Waals surface area contributed by atoms with Crippen molar-refractivity contribution in [2.45, 2.75) is 140 Å². The van der Waals surface area contributed by atoms with E-state index >= 15 is 0 Å². The van der Waals surface area contributed by atoms with Crippen LogP contribution in [0.5, 0.6) is 0 Å². The molecule has 12 heteroatoms. The maximum atomic E-state index is 14.7. The minimum absolute atomic E-state index is 0.00301. The van der Waals surface area contributed by atoms with Gasteiger partial charge in [-0.25, -0.2) is 57.4 Å². The summed E-state index contributed by atoms with van der Waals surface area (Å²) in [5.41, 5.74) is -2.04. The first kappa shape index (κ1) is 34.4. The predicted molar refractivity (Wildman–Crippen MR) is 169 cm³/mol. The summed E-state index contributed by atoms with van der Waals surface area (Å²) < 4.78 is 3.76. The third-order valence-electron chi connectivity index (χ3n) is 10.7. The van der Waals surface area contributed by atoms with E-state index in [-0.39, 0.29) is 43.7 Å². The van der Waals surface area contributed by atoms with Gasteiger partial charge >= 0.3 is 17.1 Å². The summed E-state index contributed by atoms with van der Waals surface area (Å²) >= 11 is 0. The first-order valence-corrected chi connectivity index (χ1v) is 17.1. The van der Waals surface area contributed by atoms with Gasteiger partial charge in [-0.1, -0.05) is 57.8 Å². The molecule has 1 aromatic heterocycles. The van der Waals surface area contributed by atoms with Crippen molar-refractivity contribution in [1.29, 1.82) is 0 Å². The number of rotatable bonds is 14. The quantitative estimate of drug-likeness (QED) is 0.216. The van der Waals surface area contributed by atoms with Crippen molar-refractivity contribution in [3.05, 3.63) is 31.5 Å². The Balaban J connectivity index is 2.03. The van der Waals surface area contributed by atoms with E-state index in [0.717, 1.165) is 96.3 Å². The Hall–Kier alpha value is -3.45. The van der Waals surface area contributed by atoms with Gasteiger partial charge in [-0.3, -0.25) is 0 Å². The first-order chi connectivity index (χ1) is 21.9. The van der Waals surface area contributed by atoms with E-state index in [4.69, 9.17) is 0 Å². The number of nitrogens with zero attached hydrogens (tertiary/aromatic N) is 6. The Kier molecular flexibility index (Phi) is 13.2. The van der Waals surface area contributed by atoms with E-state index in [2.05, 4.69) is 15.0 Å². The van der Waals surface area contributed by atoms with Gasteiger partial charge in [0.1, 0.15) is 0 Å². The van der Waals surface area contributed by atoms with E-state index in [1.54, 1.807) is 25.2 Å². The first-order valence-electron chi connectivity index (χ1n) is 17.1. The smallest absolute Gasteiger partial charge is 0.247 e. The van der Waals surface area contributed by atoms with Crippen molar-refractivity contribution in [1.82, 2.24) is 13.7 Å². The van der Waals surface area contributed by atoms with E-state index in [1.165, 1.54) is 13.7 Å². The lowest BCUT2D eigenvalue weighted by molar-refractivity contribution is 0.166. The molecule has 0 radical (unpaired) electrons. The van der Waals surface area contributed by atoms with Crippen LogP contribution < -0.4 is 17.1 Å². The largest absolute Gasteiger partial charge is 0.336 e. The van der Waals surface area contributed by atoms with Crippen molar-refractivity contribution in [3.8, 4) is 0 Å². The molecule has 4 rings (SSSR count). The van der Waals surface area contributed by atoms with Gasteiger partial charge < -0.3 is 0 Å². The van der Waals surface area contributed by atoms with Crippen LogP contribution in [0.4, 0.5) is 0 Å². The number of hydrogen-bond donors (Lipinski definition) is 0. The Bertz CT molecular complexity index is 1360. The SMILES string of the molecule is CC(N=C=O)C(C1CCCCC1)n1c(=O)n(C(CCN=C=O)C2CCCCC2)c(=O)n(C(CCN=C=O)C2CCCCC2)c1=O. The van der Waals surface area contributed by atoms with Crippen LogP contribution in [0.2, 0.25) is 0 Å². The lowest BCUT2D eigenvalue weighted by Gasteiger charge is -2.37. The van der Waals surface area contributed by atoms with Crippen LogP contribution >= 0.6 is 0 Å². The fourth-order valence-electron chi connectivity index (χ4n) is 8.55. The molecule has 12 nitrogen and oxygen atoms in total. The number of hydrogen-bond acceptors (Lipinski definition) is 9. The van der Waals surface area contributed by atoms with Gasteiger partial charge in [0.15, 0.2) is 0 Å². The maximum Gasteiger partial charge on any atom is 0.336 e. The van der Waals surface area contributed by atoms with E-state index in [0.29, 0.717) is 0 Å². The van der Waals surface area contributed by atoms with Crippen LogP contribution in [0, 0.1) is 17.8 Å². The fraction of sp³-hybridized carbons (Fsp3) is 0.818. The third kappa shape index (κ3) is 8.23. The molecule has 3 saturated carbocycles. The summed E-state index contributed by atoms with van der Waals surface area (Å²) in [5, 5.41) is 0. The van der Waals surface area contributed by atoms with E-state index in [9.17, 15) is 28.8 Å². The second-order valence-electron chi connectivity index (χ2n) is 13.3. The van der Waals surface area contributed by atoms with Crippen LogP contribution in [0.1, 0.15) is 134 Å². The molecule has 3 aliphatic rings. The molecule has 0 aromatic carbocycles. The summed E-state index contributed by atoms with van der Waals surface area (Å²) in [4.78, 5) is 89.3. The normalized spacial score (nSPS) is 21.0. The zero-order valence-corrected chi connectivity index (χ0v) is 26.6. The lowest BCUT2D eigenvalue weighted by atomic mass is 9.81. The topological polar surface area (TPSA) is 154 Å². The second-order valence-corrected chi connectivity index (χ2v) is 13.3. The summed E-state index contributed by atoms with van der Waals surface area (Å²) in [7, 11) is 0. The summed E-state index contributed by atoms with van der Waals surface area (Å²) in [6.07, 6.45) is 19.1. The standard InChI is InChI=1S/C33H48N6O6/c1-24(36-23-42)30(27-15-9-4-10-16-27)39-32(44)37(28(17-19-34-21-40)25-11-5-2-6-12-25)31(43)38(33(39)45)29(18-20-35-22-41)26-13-7-3-8-14-26/h24-30H,2-20H2,1H3. The monoisotopic (exact) mass is 624 g/mol. The molecular formula is C33H48N6O6. The van der Waals surface area contributed by atoms with E-state index in [1.807, 2.05) is 0 Å². The second kappa shape index (κ2) is 17.3. The van der Waals surface area contributed by atoms with Gasteiger partial charge in [-0.15, -0.1) is 0 Å². The van der Waals surface area contributed by atoms with Crippen LogP contribution in [-0.2, 0) is 14.4 Å². The zero-order chi connectivity index (χ0) is 32.2. The highest BCUT2D eigenvalue weighted by molar-refractivity contribution is 5.34. The highest BCUT2D eigenvalue weighted by Crippen LogP contribution is 2.37. The molecule has 0 bridgehead atoms. The molecule has 246 valence electrons. The molecule has 3 fully saturated rings. The molecule has 0 spiro atoms. The highest BCUT2D eigenvalue weighted by Gasteiger charge is 2.38. The molecule has 3 aliphatic carbocycles. The minimum Gasteiger partial charge on any atom is -0.247 e. The fourth-order valence-corrected chi connectivity index (χ4v) is 8.55. The van der Waals surface area contributed by atoms with Crippen molar-refractivity contribution in [3.63, 3.8) is 0 Å². The number of carbonyl (C=O) groups excluding carboxylic acids is 3. The molecule has 45 heavy (non-hydrogen) atoms. The minimum atomic E-state index is -0.732. The average molecular weight is 625 g/mol. The molecule has 4 atom stereocenters. The Morgan fingerprint density at radius 1 is 0.578 bits per heavy atom. The summed E-state index contributed by atoms with van der Waals surface area (Å²) in [6.45, 7) is 1.94. The van der Waals surface area contributed by atoms with Crippen LogP contribution in [-0.4, -0.2) is 51.1 Å². The third-order valence-corrected chi connectivity index (χ3v) is 10.7. The summed E-state index contributed by atoms with van der Waals surface area (Å²) in [5.74, 6) is -0.0928. The van der Waals surface area contributed by atoms with Gasteiger partial charge in [0.2, 0.25) is 18.2 Å². The van der Waals surface area contributed by atoms with Crippen molar-refractivity contribution < 1.29 is 14.4 Å².